The van der Waals surface area contributed by atoms with Gasteiger partial charge in [-0.2, -0.15) is 0 Å². The Bertz CT molecular complexity index is 1000. The molecule has 25 heavy (non-hydrogen) atoms. The Morgan fingerprint density at radius 2 is 1.88 bits per heavy atom. The number of methoxy groups -OCH3 is 1. The number of aromatic hydroxyl groups is 2. The van der Waals surface area contributed by atoms with E-state index in [1.165, 1.54) is 6.07 Å². The molecule has 0 aliphatic rings. The van der Waals surface area contributed by atoms with Crippen LogP contribution < -0.4 is 10.2 Å². The lowest BCUT2D eigenvalue weighted by Crippen LogP contribution is -2.12. The lowest BCUT2D eigenvalue weighted by Gasteiger charge is -2.18. The average Bonchev–Trinajstić information content (AvgIpc) is 2.60. The molecule has 3 aromatic rings. The van der Waals surface area contributed by atoms with Crippen LogP contribution in [0.15, 0.2) is 29.1 Å². The van der Waals surface area contributed by atoms with Crippen LogP contribution in [0.5, 0.6) is 17.2 Å². The second kappa shape index (κ2) is 6.67. The summed E-state index contributed by atoms with van der Waals surface area (Å²) in [6.07, 6.45) is 3.85. The van der Waals surface area contributed by atoms with Crippen molar-refractivity contribution in [3.05, 3.63) is 40.1 Å². The maximum atomic E-state index is 13.0. The van der Waals surface area contributed by atoms with Crippen molar-refractivity contribution in [3.8, 4) is 17.2 Å². The Morgan fingerprint density at radius 1 is 1.12 bits per heavy atom. The summed E-state index contributed by atoms with van der Waals surface area (Å²) in [5.41, 5.74) is 1.68. The molecule has 3 rings (SSSR count). The van der Waals surface area contributed by atoms with Crippen molar-refractivity contribution in [3.63, 3.8) is 0 Å². The standard InChI is InChI=1S/C20H23NO4/c1-4-5-6-8-12-16(25-3)11-15(23)17-19(12)21(2)18-13(20(17)24)9-7-10-14(18)22/h7,9-11,22-23H,4-6,8H2,1-3H3. The number of fused-ring (bicyclic) bond motifs is 2. The van der Waals surface area contributed by atoms with Crippen molar-refractivity contribution in [1.82, 2.24) is 4.57 Å². The SMILES string of the molecule is CCCCCc1c(OC)cc(O)c2c(=O)c3cccc(O)c3n(C)c12. The molecule has 0 unspecified atom stereocenters. The number of benzene rings is 2. The number of unbranched alkanes of at least 4 members (excludes halogenated alkanes) is 2. The van der Waals surface area contributed by atoms with Crippen LogP contribution >= 0.6 is 0 Å². The number of phenolic OH excluding ortho intramolecular Hbond substituents is 2. The van der Waals surface area contributed by atoms with Gasteiger partial charge in [-0.3, -0.25) is 4.79 Å². The Kier molecular flexibility index (Phi) is 4.57. The smallest absolute Gasteiger partial charge is 0.201 e. The summed E-state index contributed by atoms with van der Waals surface area (Å²) < 4.78 is 7.25. The van der Waals surface area contributed by atoms with Gasteiger partial charge in [-0.25, -0.2) is 0 Å². The van der Waals surface area contributed by atoms with E-state index in [1.54, 1.807) is 36.9 Å². The molecule has 1 aromatic heterocycles. The van der Waals surface area contributed by atoms with E-state index in [1.807, 2.05) is 0 Å². The topological polar surface area (TPSA) is 71.7 Å². The largest absolute Gasteiger partial charge is 0.507 e. The fourth-order valence-corrected chi connectivity index (χ4v) is 3.56. The Hall–Kier alpha value is -2.69. The third kappa shape index (κ3) is 2.69. The van der Waals surface area contributed by atoms with Crippen molar-refractivity contribution in [2.24, 2.45) is 7.05 Å². The predicted octanol–water partition coefficient (Wildman–Crippen LogP) is 3.84. The van der Waals surface area contributed by atoms with Gasteiger partial charge in [0.25, 0.3) is 0 Å². The third-order valence-corrected chi connectivity index (χ3v) is 4.75. The van der Waals surface area contributed by atoms with Gasteiger partial charge < -0.3 is 19.5 Å². The van der Waals surface area contributed by atoms with E-state index in [4.69, 9.17) is 4.74 Å². The second-order valence-corrected chi connectivity index (χ2v) is 6.32. The first-order chi connectivity index (χ1) is 12.0. The second-order valence-electron chi connectivity index (χ2n) is 6.32. The summed E-state index contributed by atoms with van der Waals surface area (Å²) in [5.74, 6) is 0.503. The van der Waals surface area contributed by atoms with Gasteiger partial charge in [-0.05, 0) is 25.0 Å². The summed E-state index contributed by atoms with van der Waals surface area (Å²) >= 11 is 0. The van der Waals surface area contributed by atoms with Gasteiger partial charge in [0.2, 0.25) is 5.43 Å². The highest BCUT2D eigenvalue weighted by molar-refractivity contribution is 6.00. The summed E-state index contributed by atoms with van der Waals surface area (Å²) in [7, 11) is 3.35. The van der Waals surface area contributed by atoms with E-state index >= 15 is 0 Å². The Morgan fingerprint density at radius 3 is 2.56 bits per heavy atom. The molecular formula is C20H23NO4. The highest BCUT2D eigenvalue weighted by Crippen LogP contribution is 2.37. The van der Waals surface area contributed by atoms with E-state index in [0.717, 1.165) is 31.2 Å². The highest BCUT2D eigenvalue weighted by Gasteiger charge is 2.20. The molecule has 0 aliphatic carbocycles. The molecule has 5 heteroatoms. The van der Waals surface area contributed by atoms with Gasteiger partial charge in [0, 0.05) is 18.7 Å². The molecule has 0 radical (unpaired) electrons. The minimum atomic E-state index is -0.282. The summed E-state index contributed by atoms with van der Waals surface area (Å²) in [6, 6.07) is 6.37. The zero-order chi connectivity index (χ0) is 18.1. The summed E-state index contributed by atoms with van der Waals surface area (Å²) in [4.78, 5) is 13.0. The Balaban J connectivity index is 2.48. The fourth-order valence-electron chi connectivity index (χ4n) is 3.56. The normalized spacial score (nSPS) is 11.3. The van der Waals surface area contributed by atoms with Gasteiger partial charge in [0.05, 0.1) is 28.9 Å². The minimum absolute atomic E-state index is 0.0424. The molecule has 0 saturated heterocycles. The number of rotatable bonds is 5. The number of ether oxygens (including phenoxy) is 1. The monoisotopic (exact) mass is 341 g/mol. The molecule has 0 atom stereocenters. The third-order valence-electron chi connectivity index (χ3n) is 4.75. The minimum Gasteiger partial charge on any atom is -0.507 e. The maximum Gasteiger partial charge on any atom is 0.201 e. The van der Waals surface area contributed by atoms with Crippen molar-refractivity contribution < 1.29 is 14.9 Å². The van der Waals surface area contributed by atoms with Crippen molar-refractivity contribution in [1.29, 1.82) is 0 Å². The molecule has 0 amide bonds. The first-order valence-electron chi connectivity index (χ1n) is 8.54. The van der Waals surface area contributed by atoms with E-state index in [9.17, 15) is 15.0 Å². The molecule has 2 N–H and O–H groups in total. The van der Waals surface area contributed by atoms with E-state index in [-0.39, 0.29) is 22.3 Å². The van der Waals surface area contributed by atoms with Crippen LogP contribution in [-0.2, 0) is 13.5 Å². The number of pyridine rings is 1. The van der Waals surface area contributed by atoms with E-state index in [0.29, 0.717) is 22.2 Å². The van der Waals surface area contributed by atoms with Crippen LogP contribution in [0.1, 0.15) is 31.7 Å². The predicted molar refractivity (Wildman–Crippen MR) is 99.8 cm³/mol. The van der Waals surface area contributed by atoms with Gasteiger partial charge in [-0.1, -0.05) is 25.8 Å². The molecule has 0 bridgehead atoms. The van der Waals surface area contributed by atoms with Gasteiger partial charge in [-0.15, -0.1) is 0 Å². The zero-order valence-electron chi connectivity index (χ0n) is 14.8. The highest BCUT2D eigenvalue weighted by atomic mass is 16.5. The molecule has 132 valence electrons. The number of nitrogens with zero attached hydrogens (tertiary/aromatic N) is 1. The van der Waals surface area contributed by atoms with Crippen molar-refractivity contribution >= 4 is 21.8 Å². The lowest BCUT2D eigenvalue weighted by atomic mass is 9.99. The quantitative estimate of drug-likeness (QED) is 0.546. The van der Waals surface area contributed by atoms with Crippen LogP contribution in [-0.4, -0.2) is 21.9 Å². The number of hydrogen-bond donors (Lipinski definition) is 2. The lowest BCUT2D eigenvalue weighted by molar-refractivity contribution is 0.403. The number of aromatic nitrogens is 1. The zero-order valence-corrected chi connectivity index (χ0v) is 14.8. The molecular weight excluding hydrogens is 318 g/mol. The van der Waals surface area contributed by atoms with E-state index in [2.05, 4.69) is 6.92 Å². The molecule has 0 spiro atoms. The molecule has 1 heterocycles. The number of aryl methyl sites for hydroxylation is 2. The van der Waals surface area contributed by atoms with Crippen LogP contribution in [0.3, 0.4) is 0 Å². The first kappa shape index (κ1) is 17.1. The molecule has 2 aromatic carbocycles. The number of phenols is 2. The van der Waals surface area contributed by atoms with Gasteiger partial charge in [0.1, 0.15) is 17.2 Å². The summed E-state index contributed by atoms with van der Waals surface area (Å²) in [5, 5.41) is 21.4. The van der Waals surface area contributed by atoms with Gasteiger partial charge >= 0.3 is 0 Å². The van der Waals surface area contributed by atoms with Crippen LogP contribution in [0.25, 0.3) is 21.8 Å². The van der Waals surface area contributed by atoms with Gasteiger partial charge in [0.15, 0.2) is 0 Å². The molecule has 0 saturated carbocycles. The van der Waals surface area contributed by atoms with E-state index < -0.39 is 0 Å². The average molecular weight is 341 g/mol. The maximum absolute atomic E-state index is 13.0. The molecule has 0 aliphatic heterocycles. The molecule has 5 nitrogen and oxygen atoms in total. The number of hydrogen-bond acceptors (Lipinski definition) is 4. The van der Waals surface area contributed by atoms with Crippen LogP contribution in [0.4, 0.5) is 0 Å². The van der Waals surface area contributed by atoms with Crippen LogP contribution in [0.2, 0.25) is 0 Å². The first-order valence-corrected chi connectivity index (χ1v) is 8.54. The Labute approximate surface area is 146 Å². The number of para-hydroxylation sites is 1. The fraction of sp³-hybridized carbons (Fsp3) is 0.350. The summed E-state index contributed by atoms with van der Waals surface area (Å²) in [6.45, 7) is 2.13. The molecule has 0 fully saturated rings. The van der Waals surface area contributed by atoms with Crippen LogP contribution in [0, 0.1) is 0 Å². The van der Waals surface area contributed by atoms with Crippen molar-refractivity contribution in [2.45, 2.75) is 32.6 Å². The van der Waals surface area contributed by atoms with Crippen molar-refractivity contribution in [2.75, 3.05) is 7.11 Å².